The summed E-state index contributed by atoms with van der Waals surface area (Å²) in [5.74, 6) is 0. The van der Waals surface area contributed by atoms with Gasteiger partial charge in [-0.15, -0.1) is 0 Å². The van der Waals surface area contributed by atoms with Gasteiger partial charge in [0.25, 0.3) is 0 Å². The van der Waals surface area contributed by atoms with E-state index in [9.17, 15) is 17.6 Å². The molecule has 1 N–H and O–H groups in total. The molecule has 2 aromatic rings. The van der Waals surface area contributed by atoms with Crippen LogP contribution in [0.15, 0.2) is 42.6 Å². The van der Waals surface area contributed by atoms with Gasteiger partial charge in [-0.2, -0.15) is 13.2 Å². The molecule has 0 saturated carbocycles. The number of hydrogen-bond donors (Lipinski definition) is 1. The summed E-state index contributed by atoms with van der Waals surface area (Å²) < 4.78 is 53.9. The second-order valence-electron chi connectivity index (χ2n) is 7.82. The third-order valence-corrected chi connectivity index (χ3v) is 6.27. The van der Waals surface area contributed by atoms with Crippen LogP contribution in [-0.2, 0) is 23.9 Å². The average molecular weight is 378 g/mol. The predicted octanol–water partition coefficient (Wildman–Crippen LogP) is 4.62. The van der Waals surface area contributed by atoms with E-state index in [1.54, 1.807) is 12.3 Å². The number of alkyl halides is 4. The lowest BCUT2D eigenvalue weighted by Gasteiger charge is -2.41. The van der Waals surface area contributed by atoms with Gasteiger partial charge in [-0.05, 0) is 61.6 Å². The van der Waals surface area contributed by atoms with Gasteiger partial charge in [0.15, 0.2) is 0 Å². The number of benzene rings is 1. The van der Waals surface area contributed by atoms with E-state index in [0.717, 1.165) is 42.6 Å². The zero-order valence-electron chi connectivity index (χ0n) is 15.1. The maximum atomic E-state index is 14.5. The number of aromatic nitrogens is 1. The van der Waals surface area contributed by atoms with Crippen molar-refractivity contribution in [2.75, 3.05) is 6.54 Å². The van der Waals surface area contributed by atoms with Crippen LogP contribution in [0, 0.1) is 0 Å². The molecule has 2 nitrogen and oxygen atoms in total. The van der Waals surface area contributed by atoms with Crippen LogP contribution >= 0.6 is 0 Å². The summed E-state index contributed by atoms with van der Waals surface area (Å²) in [6.45, 7) is 1.46. The first kappa shape index (κ1) is 18.4. The number of aryl methyl sites for hydroxylation is 1. The Kier molecular flexibility index (Phi) is 4.29. The van der Waals surface area contributed by atoms with Gasteiger partial charge in [-0.1, -0.05) is 24.3 Å². The van der Waals surface area contributed by atoms with Gasteiger partial charge in [0.1, 0.15) is 0 Å². The van der Waals surface area contributed by atoms with E-state index in [0.29, 0.717) is 13.3 Å². The Hall–Kier alpha value is -1.95. The molecule has 2 heterocycles. The van der Waals surface area contributed by atoms with E-state index in [2.05, 4.69) is 10.3 Å². The second kappa shape index (κ2) is 6.30. The molecule has 2 aliphatic rings. The molecule has 0 spiro atoms. The fourth-order valence-corrected chi connectivity index (χ4v) is 4.71. The third-order valence-electron chi connectivity index (χ3n) is 6.27. The molecule has 0 radical (unpaired) electrons. The molecule has 0 bridgehead atoms. The number of halogens is 4. The Labute approximate surface area is 156 Å². The molecule has 4 rings (SSSR count). The fraction of sp³-hybridized carbons (Fsp3) is 0.476. The Bertz CT molecular complexity index is 832. The van der Waals surface area contributed by atoms with Gasteiger partial charge in [0.05, 0.1) is 0 Å². The summed E-state index contributed by atoms with van der Waals surface area (Å²) in [6, 6.07) is 10.5. The van der Waals surface area contributed by atoms with E-state index in [1.807, 2.05) is 18.2 Å². The van der Waals surface area contributed by atoms with Crippen LogP contribution in [-0.4, -0.2) is 23.7 Å². The smallest absolute Gasteiger partial charge is 0.313 e. The number of nitrogens with one attached hydrogen (secondary N) is 1. The van der Waals surface area contributed by atoms with Crippen LogP contribution < -0.4 is 5.32 Å². The van der Waals surface area contributed by atoms with E-state index in [-0.39, 0.29) is 17.0 Å². The Morgan fingerprint density at radius 3 is 2.70 bits per heavy atom. The minimum atomic E-state index is -4.93. The topological polar surface area (TPSA) is 24.9 Å². The van der Waals surface area contributed by atoms with Crippen molar-refractivity contribution in [1.82, 2.24) is 10.3 Å². The third kappa shape index (κ3) is 2.94. The fourth-order valence-electron chi connectivity index (χ4n) is 4.71. The Morgan fingerprint density at radius 1 is 1.19 bits per heavy atom. The minimum Gasteiger partial charge on any atom is -0.313 e. The van der Waals surface area contributed by atoms with Gasteiger partial charge in [-0.3, -0.25) is 4.98 Å². The summed E-state index contributed by atoms with van der Waals surface area (Å²) in [5.41, 5.74) is -1.03. The Balaban J connectivity index is 1.77. The van der Waals surface area contributed by atoms with E-state index >= 15 is 0 Å². The summed E-state index contributed by atoms with van der Waals surface area (Å²) in [4.78, 5) is 4.45. The molecule has 6 heteroatoms. The summed E-state index contributed by atoms with van der Waals surface area (Å²) in [7, 11) is 0. The highest BCUT2D eigenvalue weighted by molar-refractivity contribution is 5.45. The summed E-state index contributed by atoms with van der Waals surface area (Å²) >= 11 is 0. The quantitative estimate of drug-likeness (QED) is 0.789. The maximum Gasteiger partial charge on any atom is 0.426 e. The first-order valence-electron chi connectivity index (χ1n) is 9.27. The van der Waals surface area contributed by atoms with Crippen LogP contribution in [0.4, 0.5) is 17.6 Å². The highest BCUT2D eigenvalue weighted by Crippen LogP contribution is 2.48. The van der Waals surface area contributed by atoms with Crippen molar-refractivity contribution >= 4 is 0 Å². The van der Waals surface area contributed by atoms with Crippen LogP contribution in [0.3, 0.4) is 0 Å². The van der Waals surface area contributed by atoms with E-state index in [4.69, 9.17) is 0 Å². The number of nitrogens with zero attached hydrogens (tertiary/aromatic N) is 1. The van der Waals surface area contributed by atoms with Crippen molar-refractivity contribution in [2.24, 2.45) is 0 Å². The number of hydrogen-bond acceptors (Lipinski definition) is 2. The molecule has 1 fully saturated rings. The van der Waals surface area contributed by atoms with Crippen molar-refractivity contribution in [3.8, 4) is 0 Å². The predicted molar refractivity (Wildman–Crippen MR) is 95.3 cm³/mol. The van der Waals surface area contributed by atoms with E-state index < -0.39 is 11.8 Å². The van der Waals surface area contributed by atoms with Gasteiger partial charge >= 0.3 is 6.18 Å². The zero-order chi connectivity index (χ0) is 19.3. The normalized spacial score (nSPS) is 26.9. The SMILES string of the molecule is CC(F)(c1ccc2c(c1)CCC1NCCC21Cc1ccccn1)C(F)(F)F. The molecule has 27 heavy (non-hydrogen) atoms. The monoisotopic (exact) mass is 378 g/mol. The lowest BCUT2D eigenvalue weighted by Crippen LogP contribution is -2.46. The van der Waals surface area contributed by atoms with Crippen LogP contribution in [0.2, 0.25) is 0 Å². The number of rotatable bonds is 3. The van der Waals surface area contributed by atoms with Crippen molar-refractivity contribution < 1.29 is 17.6 Å². The average Bonchev–Trinajstić information content (AvgIpc) is 3.05. The van der Waals surface area contributed by atoms with Gasteiger partial charge in [0.2, 0.25) is 5.67 Å². The molecule has 3 atom stereocenters. The molecular formula is C21H22F4N2. The van der Waals surface area contributed by atoms with Crippen LogP contribution in [0.1, 0.15) is 42.1 Å². The molecule has 0 amide bonds. The van der Waals surface area contributed by atoms with E-state index in [1.165, 1.54) is 12.1 Å². The van der Waals surface area contributed by atoms with Gasteiger partial charge in [0, 0.05) is 29.8 Å². The second-order valence-corrected chi connectivity index (χ2v) is 7.82. The molecule has 1 aliphatic carbocycles. The minimum absolute atomic E-state index is 0.203. The highest BCUT2D eigenvalue weighted by atomic mass is 19.4. The number of fused-ring (bicyclic) bond motifs is 3. The molecule has 1 saturated heterocycles. The first-order chi connectivity index (χ1) is 12.7. The van der Waals surface area contributed by atoms with Crippen LogP contribution in [0.25, 0.3) is 0 Å². The van der Waals surface area contributed by atoms with Gasteiger partial charge in [-0.25, -0.2) is 4.39 Å². The number of pyridine rings is 1. The summed E-state index contributed by atoms with van der Waals surface area (Å²) in [6.07, 6.45) is -0.0686. The molecule has 144 valence electrons. The van der Waals surface area contributed by atoms with Crippen molar-refractivity contribution in [3.63, 3.8) is 0 Å². The van der Waals surface area contributed by atoms with Crippen molar-refractivity contribution in [2.45, 2.75) is 55.9 Å². The lowest BCUT2D eigenvalue weighted by atomic mass is 9.64. The standard InChI is InChI=1S/C21H22F4N2/c1-19(22,21(23,24)25)15-6-7-17-14(12-15)5-8-18-20(17,9-11-27-18)13-16-4-2-3-10-26-16/h2-4,6-7,10,12,18,27H,5,8-9,11,13H2,1H3. The highest BCUT2D eigenvalue weighted by Gasteiger charge is 2.54. The maximum absolute atomic E-state index is 14.5. The van der Waals surface area contributed by atoms with Crippen LogP contribution in [0.5, 0.6) is 0 Å². The van der Waals surface area contributed by atoms with Gasteiger partial charge < -0.3 is 5.32 Å². The largest absolute Gasteiger partial charge is 0.426 e. The first-order valence-corrected chi connectivity index (χ1v) is 9.27. The molecule has 3 unspecified atom stereocenters. The lowest BCUT2D eigenvalue weighted by molar-refractivity contribution is -0.228. The van der Waals surface area contributed by atoms with Crippen molar-refractivity contribution in [1.29, 1.82) is 0 Å². The zero-order valence-corrected chi connectivity index (χ0v) is 15.1. The Morgan fingerprint density at radius 2 is 2.00 bits per heavy atom. The molecular weight excluding hydrogens is 356 g/mol. The molecule has 1 aromatic heterocycles. The molecule has 1 aliphatic heterocycles. The summed E-state index contributed by atoms with van der Waals surface area (Å²) in [5, 5.41) is 3.55. The molecule has 1 aromatic carbocycles. The van der Waals surface area contributed by atoms with Crippen molar-refractivity contribution in [3.05, 3.63) is 65.0 Å².